The first-order valence-corrected chi connectivity index (χ1v) is 9.76. The summed E-state index contributed by atoms with van der Waals surface area (Å²) in [5.74, 6) is -1.12. The van der Waals surface area contributed by atoms with Gasteiger partial charge < -0.3 is 10.2 Å². The Morgan fingerprint density at radius 3 is 2.64 bits per heavy atom. The maximum Gasteiger partial charge on any atom is 0.272 e. The molecule has 0 spiro atoms. The number of benzodiazepines with no additional fused rings is 1. The second kappa shape index (κ2) is 8.52. The van der Waals surface area contributed by atoms with Crippen molar-refractivity contribution in [2.24, 2.45) is 10.9 Å². The van der Waals surface area contributed by atoms with Crippen LogP contribution in [0.4, 0.5) is 5.69 Å². The zero-order valence-corrected chi connectivity index (χ0v) is 17.5. The van der Waals surface area contributed by atoms with E-state index in [0.717, 1.165) is 5.56 Å². The van der Waals surface area contributed by atoms with Crippen LogP contribution in [0.5, 0.6) is 0 Å². The quantitative estimate of drug-likeness (QED) is 0.774. The normalized spacial score (nSPS) is 17.5. The van der Waals surface area contributed by atoms with Crippen LogP contribution >= 0.6 is 34.8 Å². The van der Waals surface area contributed by atoms with E-state index in [0.29, 0.717) is 27.7 Å². The zero-order valence-electron chi connectivity index (χ0n) is 15.2. The van der Waals surface area contributed by atoms with Crippen molar-refractivity contribution in [1.29, 1.82) is 0 Å². The van der Waals surface area contributed by atoms with E-state index >= 15 is 0 Å². The van der Waals surface area contributed by atoms with Crippen molar-refractivity contribution in [1.82, 2.24) is 5.32 Å². The van der Waals surface area contributed by atoms with Gasteiger partial charge in [0.05, 0.1) is 5.69 Å². The second-order valence-electron chi connectivity index (χ2n) is 6.59. The molecule has 2 amide bonds. The number of nitrogens with one attached hydrogen (secondary N) is 1. The van der Waals surface area contributed by atoms with Crippen LogP contribution in [0.3, 0.4) is 0 Å². The molecular formula is C20H18Cl3N3O2. The molecule has 28 heavy (non-hydrogen) atoms. The van der Waals surface area contributed by atoms with Gasteiger partial charge in [-0.1, -0.05) is 59.9 Å². The number of aliphatic imine (C=N–C) groups is 1. The van der Waals surface area contributed by atoms with Gasteiger partial charge in [-0.15, -0.1) is 0 Å². The number of rotatable bonds is 4. The first kappa shape index (κ1) is 20.6. The van der Waals surface area contributed by atoms with Crippen LogP contribution in [0.1, 0.15) is 18.1 Å². The fourth-order valence-corrected chi connectivity index (χ4v) is 3.70. The topological polar surface area (TPSA) is 61.8 Å². The number of nitrogens with zero attached hydrogens (tertiary/aromatic N) is 2. The molecule has 1 aliphatic heterocycles. The van der Waals surface area contributed by atoms with E-state index in [9.17, 15) is 9.59 Å². The Morgan fingerprint density at radius 1 is 1.21 bits per heavy atom. The summed E-state index contributed by atoms with van der Waals surface area (Å²) in [6.07, 6.45) is -0.698. The maximum atomic E-state index is 12.8. The van der Waals surface area contributed by atoms with Gasteiger partial charge in [0.25, 0.3) is 5.91 Å². The van der Waals surface area contributed by atoms with Crippen molar-refractivity contribution in [3.63, 3.8) is 0 Å². The summed E-state index contributed by atoms with van der Waals surface area (Å²) >= 11 is 18.4. The highest BCUT2D eigenvalue weighted by Gasteiger charge is 2.31. The Hall–Kier alpha value is -2.08. The van der Waals surface area contributed by atoms with Crippen molar-refractivity contribution >= 4 is 57.5 Å². The van der Waals surface area contributed by atoms with Crippen LogP contribution in [-0.2, 0) is 16.0 Å². The van der Waals surface area contributed by atoms with Gasteiger partial charge >= 0.3 is 0 Å². The summed E-state index contributed by atoms with van der Waals surface area (Å²) in [6.45, 7) is 1.76. The summed E-state index contributed by atoms with van der Waals surface area (Å²) in [5, 5.41) is 3.88. The summed E-state index contributed by atoms with van der Waals surface area (Å²) in [4.78, 5) is 31.1. The number of fused-ring (bicyclic) bond motifs is 1. The van der Waals surface area contributed by atoms with Crippen LogP contribution in [-0.4, -0.2) is 30.2 Å². The first-order chi connectivity index (χ1) is 13.3. The van der Waals surface area contributed by atoms with Gasteiger partial charge in [-0.2, -0.15) is 0 Å². The third kappa shape index (κ3) is 4.32. The Labute approximate surface area is 178 Å². The van der Waals surface area contributed by atoms with Crippen LogP contribution in [0.2, 0.25) is 10.0 Å². The van der Waals surface area contributed by atoms with Crippen LogP contribution in [0.15, 0.2) is 47.5 Å². The number of benzene rings is 2. The monoisotopic (exact) mass is 437 g/mol. The molecule has 0 bridgehead atoms. The molecule has 1 N–H and O–H groups in total. The van der Waals surface area contributed by atoms with E-state index in [1.807, 2.05) is 12.1 Å². The molecule has 3 rings (SSSR count). The predicted molar refractivity (Wildman–Crippen MR) is 114 cm³/mol. The summed E-state index contributed by atoms with van der Waals surface area (Å²) in [5.41, 5.74) is 2.07. The fourth-order valence-electron chi connectivity index (χ4n) is 2.96. The van der Waals surface area contributed by atoms with Crippen molar-refractivity contribution in [3.05, 3.63) is 63.6 Å². The summed E-state index contributed by atoms with van der Waals surface area (Å²) in [6, 6.07) is 12.3. The smallest absolute Gasteiger partial charge is 0.272 e. The second-order valence-corrected chi connectivity index (χ2v) is 7.79. The third-order valence-corrected chi connectivity index (χ3v) is 5.45. The average Bonchev–Trinajstić information content (AvgIpc) is 2.75. The number of hydrogen-bond acceptors (Lipinski definition) is 3. The molecule has 0 aromatic heterocycles. The molecule has 0 aliphatic carbocycles. The van der Waals surface area contributed by atoms with E-state index in [1.54, 1.807) is 44.3 Å². The molecule has 2 atom stereocenters. The van der Waals surface area contributed by atoms with Gasteiger partial charge in [0.1, 0.15) is 5.17 Å². The lowest BCUT2D eigenvalue weighted by Gasteiger charge is -2.22. The molecule has 146 valence electrons. The summed E-state index contributed by atoms with van der Waals surface area (Å²) in [7, 11) is 1.63. The standard InChI is InChI=1S/C20H18Cl3N3O2/c1-11(9-12-7-8-13(21)10-15(12)22)19(27)25-18-20(28)26(2)16-6-4-3-5-14(16)17(23)24-18/h3-8,10-11,18H,9H2,1-2H3,(H,25,27)/t11-,18?/m1/s1. The average molecular weight is 439 g/mol. The minimum atomic E-state index is -1.10. The minimum Gasteiger partial charge on any atom is -0.326 e. The van der Waals surface area contributed by atoms with Crippen molar-refractivity contribution < 1.29 is 9.59 Å². The van der Waals surface area contributed by atoms with Gasteiger partial charge in [0.2, 0.25) is 12.1 Å². The number of para-hydroxylation sites is 1. The SMILES string of the molecule is C[C@H](Cc1ccc(Cl)cc1Cl)C(=O)NC1N=C(Cl)c2ccccc2N(C)C1=O. The summed E-state index contributed by atoms with van der Waals surface area (Å²) < 4.78 is 0. The maximum absolute atomic E-state index is 12.8. The molecule has 1 unspecified atom stereocenters. The molecule has 0 saturated heterocycles. The number of likely N-dealkylation sites (N-methyl/N-ethyl adjacent to an activating group) is 1. The Bertz CT molecular complexity index is 961. The van der Waals surface area contributed by atoms with Gasteiger partial charge in [-0.05, 0) is 36.2 Å². The molecule has 0 radical (unpaired) electrons. The van der Waals surface area contributed by atoms with Crippen LogP contribution in [0, 0.1) is 5.92 Å². The van der Waals surface area contributed by atoms with Gasteiger partial charge in [-0.25, -0.2) is 4.99 Å². The molecule has 1 heterocycles. The predicted octanol–water partition coefficient (Wildman–Crippen LogP) is 4.28. The molecule has 2 aromatic rings. The van der Waals surface area contributed by atoms with E-state index < -0.39 is 12.1 Å². The molecule has 8 heteroatoms. The van der Waals surface area contributed by atoms with E-state index in [4.69, 9.17) is 34.8 Å². The van der Waals surface area contributed by atoms with E-state index in [-0.39, 0.29) is 17.0 Å². The van der Waals surface area contributed by atoms with E-state index in [1.165, 1.54) is 4.90 Å². The molecule has 2 aromatic carbocycles. The molecule has 5 nitrogen and oxygen atoms in total. The van der Waals surface area contributed by atoms with Gasteiger partial charge in [0.15, 0.2) is 0 Å². The molecular weight excluding hydrogens is 421 g/mol. The number of anilines is 1. The third-order valence-electron chi connectivity index (χ3n) is 4.56. The van der Waals surface area contributed by atoms with Crippen molar-refractivity contribution in [2.45, 2.75) is 19.5 Å². The number of amides is 2. The van der Waals surface area contributed by atoms with Gasteiger partial charge in [0, 0.05) is 28.6 Å². The largest absolute Gasteiger partial charge is 0.326 e. The van der Waals surface area contributed by atoms with Crippen LogP contribution < -0.4 is 10.2 Å². The fraction of sp³-hybridized carbons (Fsp3) is 0.250. The van der Waals surface area contributed by atoms with Crippen molar-refractivity contribution in [2.75, 3.05) is 11.9 Å². The lowest BCUT2D eigenvalue weighted by atomic mass is 10.00. The number of hydrogen-bond donors (Lipinski definition) is 1. The molecule has 0 fully saturated rings. The highest BCUT2D eigenvalue weighted by Crippen LogP contribution is 2.26. The molecule has 1 aliphatic rings. The highest BCUT2D eigenvalue weighted by atomic mass is 35.5. The number of carbonyl (C=O) groups excluding carboxylic acids is 2. The van der Waals surface area contributed by atoms with Crippen molar-refractivity contribution in [3.8, 4) is 0 Å². The van der Waals surface area contributed by atoms with Crippen LogP contribution in [0.25, 0.3) is 0 Å². The number of carbonyl (C=O) groups is 2. The zero-order chi connectivity index (χ0) is 20.4. The van der Waals surface area contributed by atoms with Gasteiger partial charge in [-0.3, -0.25) is 9.59 Å². The lowest BCUT2D eigenvalue weighted by molar-refractivity contribution is -0.129. The Kier molecular flexibility index (Phi) is 6.28. The first-order valence-electron chi connectivity index (χ1n) is 8.62. The molecule has 0 saturated carbocycles. The minimum absolute atomic E-state index is 0.173. The number of halogens is 3. The van der Waals surface area contributed by atoms with E-state index in [2.05, 4.69) is 10.3 Å². The Balaban J connectivity index is 1.76. The lowest BCUT2D eigenvalue weighted by Crippen LogP contribution is -2.47. The highest BCUT2D eigenvalue weighted by molar-refractivity contribution is 6.70. The Morgan fingerprint density at radius 2 is 1.93 bits per heavy atom.